The van der Waals surface area contributed by atoms with Crippen LogP contribution in [0.5, 0.6) is 0 Å². The van der Waals surface area contributed by atoms with Crippen molar-refractivity contribution in [2.24, 2.45) is 0 Å². The summed E-state index contributed by atoms with van der Waals surface area (Å²) in [5.41, 5.74) is 2.11. The summed E-state index contributed by atoms with van der Waals surface area (Å²) >= 11 is 0. The van der Waals surface area contributed by atoms with E-state index in [-0.39, 0.29) is 5.82 Å². The summed E-state index contributed by atoms with van der Waals surface area (Å²) in [6.45, 7) is 1.12. The fourth-order valence-electron chi connectivity index (χ4n) is 2.00. The highest BCUT2D eigenvalue weighted by atomic mass is 19.1. The number of carboxylic acids is 1. The van der Waals surface area contributed by atoms with Gasteiger partial charge < -0.3 is 9.52 Å². The van der Waals surface area contributed by atoms with E-state index in [4.69, 9.17) is 9.52 Å². The Kier molecular flexibility index (Phi) is 4.90. The molecular weight excluding hydrogens is 273 g/mol. The molecular formula is C16H16FNO3. The van der Waals surface area contributed by atoms with E-state index in [2.05, 4.69) is 0 Å². The lowest BCUT2D eigenvalue weighted by Crippen LogP contribution is -2.17. The lowest BCUT2D eigenvalue weighted by molar-refractivity contribution is -0.131. The molecule has 1 aromatic carbocycles. The second-order valence-corrected chi connectivity index (χ2v) is 4.83. The van der Waals surface area contributed by atoms with Gasteiger partial charge in [0.15, 0.2) is 0 Å². The van der Waals surface area contributed by atoms with Gasteiger partial charge in [-0.2, -0.15) is 0 Å². The van der Waals surface area contributed by atoms with Crippen molar-refractivity contribution < 1.29 is 18.7 Å². The number of aliphatic carboxylic acids is 1. The number of benzene rings is 1. The molecule has 0 aliphatic heterocycles. The molecule has 0 saturated carbocycles. The van der Waals surface area contributed by atoms with Gasteiger partial charge in [-0.1, -0.05) is 12.1 Å². The van der Waals surface area contributed by atoms with Crippen molar-refractivity contribution >= 4 is 12.0 Å². The maximum Gasteiger partial charge on any atom is 0.328 e. The minimum Gasteiger partial charge on any atom is -0.478 e. The molecule has 2 aromatic rings. The quantitative estimate of drug-likeness (QED) is 0.830. The summed E-state index contributed by atoms with van der Waals surface area (Å²) in [5.74, 6) is -1.40. The SMILES string of the molecule is CN(Cc1ccoc1)Cc1ccc(C=CC(=O)O)cc1F. The van der Waals surface area contributed by atoms with Crippen LogP contribution in [0.2, 0.25) is 0 Å². The van der Waals surface area contributed by atoms with Crippen LogP contribution in [0.1, 0.15) is 16.7 Å². The second-order valence-electron chi connectivity index (χ2n) is 4.83. The third-order valence-corrected chi connectivity index (χ3v) is 2.97. The van der Waals surface area contributed by atoms with E-state index in [9.17, 15) is 9.18 Å². The van der Waals surface area contributed by atoms with Gasteiger partial charge in [-0.05, 0) is 30.8 Å². The first-order valence-electron chi connectivity index (χ1n) is 6.43. The summed E-state index contributed by atoms with van der Waals surface area (Å²) in [5, 5.41) is 8.55. The standard InChI is InChI=1S/C16H16FNO3/c1-18(9-13-6-7-21-11-13)10-14-4-2-12(8-15(14)17)3-5-16(19)20/h2-8,11H,9-10H2,1H3,(H,19,20). The van der Waals surface area contributed by atoms with E-state index in [0.717, 1.165) is 11.6 Å². The number of rotatable bonds is 6. The Morgan fingerprint density at radius 2 is 2.19 bits per heavy atom. The normalized spacial score (nSPS) is 11.4. The van der Waals surface area contributed by atoms with Crippen LogP contribution in [-0.4, -0.2) is 23.0 Å². The van der Waals surface area contributed by atoms with E-state index in [1.807, 2.05) is 18.0 Å². The van der Waals surface area contributed by atoms with Gasteiger partial charge in [0, 0.05) is 30.3 Å². The van der Waals surface area contributed by atoms with Crippen LogP contribution in [0, 0.1) is 5.82 Å². The van der Waals surface area contributed by atoms with Gasteiger partial charge in [0.05, 0.1) is 12.5 Å². The molecule has 0 aliphatic carbocycles. The van der Waals surface area contributed by atoms with Crippen molar-refractivity contribution in [1.29, 1.82) is 0 Å². The highest BCUT2D eigenvalue weighted by Crippen LogP contribution is 2.15. The summed E-state index contributed by atoms with van der Waals surface area (Å²) in [7, 11) is 1.89. The van der Waals surface area contributed by atoms with Gasteiger partial charge in [-0.3, -0.25) is 4.90 Å². The van der Waals surface area contributed by atoms with Crippen LogP contribution in [-0.2, 0) is 17.9 Å². The number of halogens is 1. The van der Waals surface area contributed by atoms with Crippen molar-refractivity contribution in [2.75, 3.05) is 7.05 Å². The molecule has 5 heteroatoms. The largest absolute Gasteiger partial charge is 0.478 e. The Balaban J connectivity index is 2.02. The molecule has 0 aliphatic rings. The molecule has 1 heterocycles. The zero-order valence-electron chi connectivity index (χ0n) is 11.6. The molecule has 0 spiro atoms. The van der Waals surface area contributed by atoms with E-state index in [1.54, 1.807) is 24.7 Å². The molecule has 2 rings (SSSR count). The van der Waals surface area contributed by atoms with E-state index < -0.39 is 5.97 Å². The summed E-state index contributed by atoms with van der Waals surface area (Å²) < 4.78 is 19.0. The van der Waals surface area contributed by atoms with Crippen LogP contribution in [0.4, 0.5) is 4.39 Å². The third-order valence-electron chi connectivity index (χ3n) is 2.97. The van der Waals surface area contributed by atoms with Crippen LogP contribution in [0.25, 0.3) is 6.08 Å². The Hall–Kier alpha value is -2.40. The lowest BCUT2D eigenvalue weighted by atomic mass is 10.1. The summed E-state index contributed by atoms with van der Waals surface area (Å²) in [4.78, 5) is 12.4. The maximum absolute atomic E-state index is 14.0. The Morgan fingerprint density at radius 3 is 2.81 bits per heavy atom. The number of carbonyl (C=O) groups is 1. The highest BCUT2D eigenvalue weighted by Gasteiger charge is 2.07. The number of carboxylic acid groups (broad SMARTS) is 1. The Bertz CT molecular complexity index is 635. The number of hydrogen-bond donors (Lipinski definition) is 1. The topological polar surface area (TPSA) is 53.7 Å². The molecule has 21 heavy (non-hydrogen) atoms. The zero-order valence-corrected chi connectivity index (χ0v) is 11.6. The van der Waals surface area contributed by atoms with Crippen LogP contribution in [0.15, 0.2) is 47.3 Å². The van der Waals surface area contributed by atoms with Crippen LogP contribution >= 0.6 is 0 Å². The minimum absolute atomic E-state index is 0.346. The van der Waals surface area contributed by atoms with Crippen LogP contribution < -0.4 is 0 Å². The van der Waals surface area contributed by atoms with Crippen molar-refractivity contribution in [3.63, 3.8) is 0 Å². The van der Waals surface area contributed by atoms with E-state index >= 15 is 0 Å². The van der Waals surface area contributed by atoms with Crippen molar-refractivity contribution in [2.45, 2.75) is 13.1 Å². The highest BCUT2D eigenvalue weighted by molar-refractivity contribution is 5.85. The molecule has 110 valence electrons. The van der Waals surface area contributed by atoms with Gasteiger partial charge in [0.1, 0.15) is 5.82 Å². The molecule has 1 aromatic heterocycles. The third kappa shape index (κ3) is 4.57. The fourth-order valence-corrected chi connectivity index (χ4v) is 2.00. The second kappa shape index (κ2) is 6.85. The predicted molar refractivity (Wildman–Crippen MR) is 76.9 cm³/mol. The molecule has 0 bridgehead atoms. The van der Waals surface area contributed by atoms with Gasteiger partial charge >= 0.3 is 5.97 Å². The number of hydrogen-bond acceptors (Lipinski definition) is 3. The van der Waals surface area contributed by atoms with Crippen molar-refractivity contribution in [3.8, 4) is 0 Å². The molecule has 0 amide bonds. The predicted octanol–water partition coefficient (Wildman–Crippen LogP) is 3.15. The Morgan fingerprint density at radius 1 is 1.38 bits per heavy atom. The molecule has 0 unspecified atom stereocenters. The van der Waals surface area contributed by atoms with Gasteiger partial charge in [0.2, 0.25) is 0 Å². The molecule has 0 radical (unpaired) electrons. The molecule has 1 N–H and O–H groups in total. The smallest absolute Gasteiger partial charge is 0.328 e. The van der Waals surface area contributed by atoms with Gasteiger partial charge in [-0.15, -0.1) is 0 Å². The first kappa shape index (κ1) is 15.0. The van der Waals surface area contributed by atoms with E-state index in [0.29, 0.717) is 24.2 Å². The first-order chi connectivity index (χ1) is 10.0. The molecule has 0 fully saturated rings. The Labute approximate surface area is 122 Å². The van der Waals surface area contributed by atoms with E-state index in [1.165, 1.54) is 12.1 Å². The fraction of sp³-hybridized carbons (Fsp3) is 0.188. The summed E-state index contributed by atoms with van der Waals surface area (Å²) in [6.07, 6.45) is 5.61. The summed E-state index contributed by atoms with van der Waals surface area (Å²) in [6, 6.07) is 6.57. The number of furan rings is 1. The van der Waals surface area contributed by atoms with Gasteiger partial charge in [0.25, 0.3) is 0 Å². The average Bonchev–Trinajstić information content (AvgIpc) is 2.92. The first-order valence-corrected chi connectivity index (χ1v) is 6.43. The van der Waals surface area contributed by atoms with Gasteiger partial charge in [-0.25, -0.2) is 9.18 Å². The zero-order chi connectivity index (χ0) is 15.2. The molecule has 0 atom stereocenters. The maximum atomic E-state index is 14.0. The molecule has 0 saturated heterocycles. The molecule has 4 nitrogen and oxygen atoms in total. The lowest BCUT2D eigenvalue weighted by Gasteiger charge is -2.16. The average molecular weight is 289 g/mol. The van der Waals surface area contributed by atoms with Crippen LogP contribution in [0.3, 0.4) is 0 Å². The van der Waals surface area contributed by atoms with Crippen molar-refractivity contribution in [1.82, 2.24) is 4.90 Å². The minimum atomic E-state index is -1.06. The number of nitrogens with zero attached hydrogens (tertiary/aromatic N) is 1. The van der Waals surface area contributed by atoms with Crippen molar-refractivity contribution in [3.05, 3.63) is 65.4 Å². The monoisotopic (exact) mass is 289 g/mol.